The van der Waals surface area contributed by atoms with Crippen LogP contribution in [0.4, 0.5) is 0 Å². The number of amides is 1. The molecule has 1 aliphatic heterocycles. The Morgan fingerprint density at radius 1 is 1.21 bits per heavy atom. The minimum atomic E-state index is 0.290. The van der Waals surface area contributed by atoms with Crippen molar-refractivity contribution in [3.05, 3.63) is 0 Å². The van der Waals surface area contributed by atoms with Gasteiger partial charge in [-0.15, -0.1) is 0 Å². The number of carbonyl (C=O) groups excluding carboxylic acids is 1. The number of hydrogen-bond donors (Lipinski definition) is 1. The summed E-state index contributed by atoms with van der Waals surface area (Å²) in [7, 11) is 1.95. The first-order chi connectivity index (χ1) is 9.20. The lowest BCUT2D eigenvalue weighted by Gasteiger charge is -2.24. The molecular formula is C14H28N4O. The second kappa shape index (κ2) is 7.22. The Hall–Kier alpha value is -0.650. The van der Waals surface area contributed by atoms with Crippen LogP contribution in [0.5, 0.6) is 0 Å². The number of hydrogen-bond acceptors (Lipinski definition) is 4. The van der Waals surface area contributed by atoms with E-state index in [0.717, 1.165) is 52.1 Å². The molecule has 0 radical (unpaired) electrons. The zero-order valence-electron chi connectivity index (χ0n) is 12.2. The van der Waals surface area contributed by atoms with Crippen LogP contribution in [0.3, 0.4) is 0 Å². The minimum absolute atomic E-state index is 0.290. The van der Waals surface area contributed by atoms with Gasteiger partial charge in [-0.1, -0.05) is 0 Å². The molecule has 0 bridgehead atoms. The van der Waals surface area contributed by atoms with Crippen LogP contribution in [0.1, 0.15) is 25.7 Å². The van der Waals surface area contributed by atoms with Gasteiger partial charge in [-0.2, -0.15) is 0 Å². The van der Waals surface area contributed by atoms with Crippen molar-refractivity contribution in [3.63, 3.8) is 0 Å². The lowest BCUT2D eigenvalue weighted by atomic mass is 10.3. The van der Waals surface area contributed by atoms with Gasteiger partial charge >= 0.3 is 0 Å². The first-order valence-corrected chi connectivity index (χ1v) is 7.61. The quantitative estimate of drug-likeness (QED) is 0.735. The Labute approximate surface area is 116 Å². The lowest BCUT2D eigenvalue weighted by molar-refractivity contribution is -0.131. The summed E-state index contributed by atoms with van der Waals surface area (Å²) in [4.78, 5) is 18.8. The molecule has 2 aliphatic rings. The maximum absolute atomic E-state index is 12.1. The molecule has 110 valence electrons. The summed E-state index contributed by atoms with van der Waals surface area (Å²) < 4.78 is 0. The van der Waals surface area contributed by atoms with Crippen molar-refractivity contribution in [1.82, 2.24) is 14.7 Å². The van der Waals surface area contributed by atoms with Crippen LogP contribution in [0.15, 0.2) is 0 Å². The standard InChI is InChI=1S/C14H28N4O/c1-16(13-4-5-13)14(19)12-18-9-3-8-17(10-11-18)7-2-6-15/h13H,2-12,15H2,1H3. The van der Waals surface area contributed by atoms with Crippen LogP contribution in [0.2, 0.25) is 0 Å². The van der Waals surface area contributed by atoms with Gasteiger partial charge in [0.2, 0.25) is 5.91 Å². The molecule has 0 atom stereocenters. The Balaban J connectivity index is 1.71. The highest BCUT2D eigenvalue weighted by atomic mass is 16.2. The molecule has 0 aromatic heterocycles. The van der Waals surface area contributed by atoms with Gasteiger partial charge in [0.05, 0.1) is 6.54 Å². The summed E-state index contributed by atoms with van der Waals surface area (Å²) >= 11 is 0. The smallest absolute Gasteiger partial charge is 0.236 e. The fourth-order valence-electron chi connectivity index (χ4n) is 2.69. The van der Waals surface area contributed by atoms with Gasteiger partial charge in [-0.3, -0.25) is 9.69 Å². The molecule has 1 aliphatic carbocycles. The molecular weight excluding hydrogens is 240 g/mol. The van der Waals surface area contributed by atoms with E-state index < -0.39 is 0 Å². The molecule has 1 saturated heterocycles. The molecule has 0 aromatic rings. The monoisotopic (exact) mass is 268 g/mol. The van der Waals surface area contributed by atoms with Gasteiger partial charge in [-0.05, 0) is 51.9 Å². The van der Waals surface area contributed by atoms with Gasteiger partial charge in [0, 0.05) is 26.2 Å². The first kappa shape index (κ1) is 14.8. The van der Waals surface area contributed by atoms with Crippen LogP contribution in [-0.2, 0) is 4.79 Å². The zero-order valence-corrected chi connectivity index (χ0v) is 12.2. The van der Waals surface area contributed by atoms with Gasteiger partial charge in [0.25, 0.3) is 0 Å². The summed E-state index contributed by atoms with van der Waals surface area (Å²) in [6, 6.07) is 0.528. The van der Waals surface area contributed by atoms with Crippen LogP contribution >= 0.6 is 0 Å². The third-order valence-electron chi connectivity index (χ3n) is 4.21. The fraction of sp³-hybridized carbons (Fsp3) is 0.929. The van der Waals surface area contributed by atoms with Crippen molar-refractivity contribution < 1.29 is 4.79 Å². The van der Waals surface area contributed by atoms with Crippen molar-refractivity contribution >= 4 is 5.91 Å². The molecule has 1 heterocycles. The maximum atomic E-state index is 12.1. The second-order valence-corrected chi connectivity index (χ2v) is 5.85. The molecule has 5 nitrogen and oxygen atoms in total. The normalized spacial score (nSPS) is 22.2. The van der Waals surface area contributed by atoms with Gasteiger partial charge in [0.15, 0.2) is 0 Å². The van der Waals surface area contributed by atoms with Crippen LogP contribution < -0.4 is 5.73 Å². The van der Waals surface area contributed by atoms with E-state index in [1.54, 1.807) is 0 Å². The average molecular weight is 268 g/mol. The van der Waals surface area contributed by atoms with E-state index in [2.05, 4.69) is 9.80 Å². The van der Waals surface area contributed by atoms with Gasteiger partial charge < -0.3 is 15.5 Å². The fourth-order valence-corrected chi connectivity index (χ4v) is 2.69. The minimum Gasteiger partial charge on any atom is -0.342 e. The molecule has 0 spiro atoms. The molecule has 2 N–H and O–H groups in total. The van der Waals surface area contributed by atoms with Crippen molar-refractivity contribution in [2.24, 2.45) is 5.73 Å². The number of likely N-dealkylation sites (N-methyl/N-ethyl adjacent to an activating group) is 1. The third-order valence-corrected chi connectivity index (χ3v) is 4.21. The van der Waals surface area contributed by atoms with E-state index in [4.69, 9.17) is 5.73 Å². The summed E-state index contributed by atoms with van der Waals surface area (Å²) in [5.41, 5.74) is 5.56. The largest absolute Gasteiger partial charge is 0.342 e. The van der Waals surface area contributed by atoms with Crippen molar-refractivity contribution in [1.29, 1.82) is 0 Å². The lowest BCUT2D eigenvalue weighted by Crippen LogP contribution is -2.41. The van der Waals surface area contributed by atoms with E-state index in [-0.39, 0.29) is 5.91 Å². The topological polar surface area (TPSA) is 52.8 Å². The third kappa shape index (κ3) is 4.75. The van der Waals surface area contributed by atoms with E-state index in [9.17, 15) is 4.79 Å². The van der Waals surface area contributed by atoms with E-state index in [1.807, 2.05) is 11.9 Å². The van der Waals surface area contributed by atoms with E-state index in [0.29, 0.717) is 12.6 Å². The number of nitrogens with zero attached hydrogens (tertiary/aromatic N) is 3. The molecule has 5 heteroatoms. The average Bonchev–Trinajstić information content (AvgIpc) is 3.23. The molecule has 1 saturated carbocycles. The maximum Gasteiger partial charge on any atom is 0.236 e. The molecule has 2 rings (SSSR count). The predicted molar refractivity (Wildman–Crippen MR) is 77.0 cm³/mol. The highest BCUT2D eigenvalue weighted by Crippen LogP contribution is 2.25. The van der Waals surface area contributed by atoms with Gasteiger partial charge in [0.1, 0.15) is 0 Å². The molecule has 0 aromatic carbocycles. The van der Waals surface area contributed by atoms with Crippen molar-refractivity contribution in [2.45, 2.75) is 31.7 Å². The first-order valence-electron chi connectivity index (χ1n) is 7.61. The van der Waals surface area contributed by atoms with E-state index in [1.165, 1.54) is 12.8 Å². The molecule has 19 heavy (non-hydrogen) atoms. The molecule has 0 unspecified atom stereocenters. The summed E-state index contributed by atoms with van der Waals surface area (Å²) in [6.07, 6.45) is 4.61. The number of rotatable bonds is 6. The predicted octanol–water partition coefficient (Wildman–Crippen LogP) is -0.0363. The van der Waals surface area contributed by atoms with E-state index >= 15 is 0 Å². The Morgan fingerprint density at radius 2 is 1.89 bits per heavy atom. The van der Waals surface area contributed by atoms with Crippen LogP contribution in [0.25, 0.3) is 0 Å². The molecule has 2 fully saturated rings. The summed E-state index contributed by atoms with van der Waals surface area (Å²) in [5, 5.41) is 0. The zero-order chi connectivity index (χ0) is 13.7. The SMILES string of the molecule is CN(C(=O)CN1CCCN(CCCN)CC1)C1CC1. The van der Waals surface area contributed by atoms with Crippen LogP contribution in [0, 0.1) is 0 Å². The number of carbonyl (C=O) groups is 1. The highest BCUT2D eigenvalue weighted by molar-refractivity contribution is 5.78. The van der Waals surface area contributed by atoms with Crippen molar-refractivity contribution in [3.8, 4) is 0 Å². The summed E-state index contributed by atoms with van der Waals surface area (Å²) in [5.74, 6) is 0.290. The Bertz CT molecular complexity index is 293. The highest BCUT2D eigenvalue weighted by Gasteiger charge is 2.30. The Kier molecular flexibility index (Phi) is 5.60. The second-order valence-electron chi connectivity index (χ2n) is 5.85. The number of nitrogens with two attached hydrogens (primary N) is 1. The Morgan fingerprint density at radius 3 is 2.58 bits per heavy atom. The molecule has 1 amide bonds. The van der Waals surface area contributed by atoms with Crippen LogP contribution in [-0.4, -0.2) is 79.5 Å². The van der Waals surface area contributed by atoms with Gasteiger partial charge in [-0.25, -0.2) is 0 Å². The summed E-state index contributed by atoms with van der Waals surface area (Å²) in [6.45, 7) is 6.73. The van der Waals surface area contributed by atoms with Crippen molar-refractivity contribution in [2.75, 3.05) is 52.9 Å².